The molecule has 0 amide bonds. The molecule has 0 fully saturated rings. The van der Waals surface area contributed by atoms with Gasteiger partial charge >= 0.3 is 23.1 Å². The van der Waals surface area contributed by atoms with Crippen molar-refractivity contribution in [2.75, 3.05) is 0 Å². The van der Waals surface area contributed by atoms with E-state index in [9.17, 15) is 0 Å². The molecule has 0 aromatic carbocycles. The minimum Gasteiger partial charge on any atom is -1.00 e. The third-order valence-electron chi connectivity index (χ3n) is 0. The van der Waals surface area contributed by atoms with Gasteiger partial charge in [-0.2, -0.15) is 0 Å². The molecule has 0 bridgehead atoms. The molecule has 0 radical (unpaired) electrons. The van der Waals surface area contributed by atoms with Crippen LogP contribution in [0.4, 0.5) is 0 Å². The number of rotatable bonds is 0. The molecule has 0 spiro atoms. The minimum atomic E-state index is 0. The second-order valence-corrected chi connectivity index (χ2v) is 0. The van der Waals surface area contributed by atoms with Crippen LogP contribution in [0.1, 0.15) is 2.85 Å². The first kappa shape index (κ1) is 24500. The van der Waals surface area contributed by atoms with E-state index in [1.807, 2.05) is 0 Å². The second kappa shape index (κ2) is 19100. The van der Waals surface area contributed by atoms with Crippen LogP contribution in [0, 0.1) is 0 Å². The normalized spacial score (nSPS) is 0. The van der Waals surface area contributed by atoms with Gasteiger partial charge in [0.05, 0.1) is 0 Å². The molecule has 24 N–H and O–H groups in total. The zero-order chi connectivity index (χ0) is 0. The van der Waals surface area contributed by atoms with E-state index in [1.54, 1.807) is 0 Å². The summed E-state index contributed by atoms with van der Waals surface area (Å²) in [5.41, 5.74) is 0. The molecule has 0 unspecified atom stereocenters. The van der Waals surface area contributed by atoms with Crippen molar-refractivity contribution < 1.29 is 68.6 Å². The van der Waals surface area contributed by atoms with E-state index in [0.29, 0.717) is 0 Å². The van der Waals surface area contributed by atoms with Crippen LogP contribution in [0.3, 0.4) is 0 Å². The smallest absolute Gasteiger partial charge is 1.00 e. The van der Waals surface area contributed by atoms with Crippen molar-refractivity contribution in [1.82, 2.24) is 0 Å². The van der Waals surface area contributed by atoms with Gasteiger partial charge in [0.1, 0.15) is 0 Å². The van der Waals surface area contributed by atoms with Crippen LogP contribution in [0.2, 0.25) is 0 Å². The molecule has 0 aliphatic heterocycles. The minimum absolute atomic E-state index is 0. The largest absolute Gasteiger partial charge is 2.00 e. The van der Waals surface area contributed by atoms with E-state index in [-0.39, 0.29) is 91.6 Å². The molecule has 12 nitrogen and oxygen atoms in total. The Balaban J connectivity index is 0. The van der Waals surface area contributed by atoms with Gasteiger partial charge in [0, 0.05) is 0 Å². The van der Waals surface area contributed by atoms with Gasteiger partial charge in [-0.25, -0.2) is 0 Å². The van der Waals surface area contributed by atoms with Gasteiger partial charge in [0.25, 0.3) is 0 Å². The summed E-state index contributed by atoms with van der Waals surface area (Å²) in [4.78, 5) is 0. The third-order valence-corrected chi connectivity index (χ3v) is 0. The molecule has 13 heavy (non-hydrogen) atoms. The van der Waals surface area contributed by atoms with Gasteiger partial charge < -0.3 is 68.6 Å². The summed E-state index contributed by atoms with van der Waals surface area (Å²) >= 11 is 0. The maximum atomic E-state index is 0. The Bertz CT molecular complexity index is 13.6. The van der Waals surface area contributed by atoms with E-state index in [1.165, 1.54) is 0 Å². The molecule has 0 rings (SSSR count). The van der Waals surface area contributed by atoms with Gasteiger partial charge in [-0.1, -0.05) is 0 Å². The molecular weight excluding hydrogens is 216 g/mol. The maximum absolute atomic E-state index is 0. The summed E-state index contributed by atoms with van der Waals surface area (Å²) < 4.78 is 0. The Morgan fingerprint density at radius 3 is 0.231 bits per heavy atom. The molecule has 0 saturated carbocycles. The molecule has 0 saturated heterocycles. The van der Waals surface area contributed by atoms with Crippen LogP contribution in [0.5, 0.6) is 0 Å². The van der Waals surface area contributed by atoms with Gasteiger partial charge in [0.2, 0.25) is 0 Å². The number of hydrogen-bond donors (Lipinski definition) is 0. The van der Waals surface area contributed by atoms with Crippen LogP contribution in [-0.2, 0) is 0 Å². The predicted molar refractivity (Wildman–Crippen MR) is 51.3 cm³/mol. The Hall–Kier alpha value is 0.286. The Kier molecular flexibility index (Phi) is 36000000. The molecule has 0 heterocycles. The Morgan fingerprint density at radius 2 is 0.231 bits per heavy atom. The Labute approximate surface area is 92.4 Å². The van der Waals surface area contributed by atoms with E-state index in [2.05, 4.69) is 0 Å². The van der Waals surface area contributed by atoms with Crippen molar-refractivity contribution in [2.45, 2.75) is 0 Å². The van der Waals surface area contributed by atoms with E-state index >= 15 is 0 Å². The molecular formula is H26MgO12. The van der Waals surface area contributed by atoms with Crippen LogP contribution in [0.25, 0.3) is 0 Å². The summed E-state index contributed by atoms with van der Waals surface area (Å²) in [6.45, 7) is 0. The second-order valence-electron chi connectivity index (χ2n) is 0. The van der Waals surface area contributed by atoms with Crippen LogP contribution in [0.15, 0.2) is 0 Å². The van der Waals surface area contributed by atoms with Crippen LogP contribution < -0.4 is 0 Å². The standard InChI is InChI=1S/Mg.12H2O.2H/h;12*1H2;;/q+2;;;;;;;;;;;;;2*-1. The SMILES string of the molecule is O.O.O.O.O.O.O.O.O.O.O.O.[H-].[H-].[Mg+2]. The molecule has 0 aliphatic rings. The molecule has 13 heteroatoms. The van der Waals surface area contributed by atoms with Crippen molar-refractivity contribution in [1.29, 1.82) is 0 Å². The van der Waals surface area contributed by atoms with Crippen molar-refractivity contribution in [3.8, 4) is 0 Å². The quantitative estimate of drug-likeness (QED) is 0.356. The molecule has 100 valence electrons. The maximum Gasteiger partial charge on any atom is 2.00 e. The number of hydrogen-bond acceptors (Lipinski definition) is 0. The Morgan fingerprint density at radius 1 is 0.231 bits per heavy atom. The predicted octanol–water partition coefficient (Wildman–Crippen LogP) is -10.1. The molecule has 0 aromatic rings. The van der Waals surface area contributed by atoms with E-state index in [0.717, 1.165) is 0 Å². The van der Waals surface area contributed by atoms with Gasteiger partial charge in [0.15, 0.2) is 0 Å². The van der Waals surface area contributed by atoms with Gasteiger partial charge in [-0.05, 0) is 0 Å². The zero-order valence-corrected chi connectivity index (χ0v) is 8.12. The average Bonchev–Trinajstić information content (AvgIpc) is 0. The summed E-state index contributed by atoms with van der Waals surface area (Å²) in [5.74, 6) is 0. The topological polar surface area (TPSA) is 378 Å². The van der Waals surface area contributed by atoms with Gasteiger partial charge in [-0.3, -0.25) is 0 Å². The van der Waals surface area contributed by atoms with Crippen molar-refractivity contribution >= 4 is 23.1 Å². The monoisotopic (exact) mass is 242 g/mol. The van der Waals surface area contributed by atoms with Crippen LogP contribution in [-0.4, -0.2) is 88.8 Å². The molecule has 0 aliphatic carbocycles. The zero-order valence-electron chi connectivity index (χ0n) is 8.71. The fourth-order valence-corrected chi connectivity index (χ4v) is 0. The fourth-order valence-electron chi connectivity index (χ4n) is 0. The fraction of sp³-hybridized carbons (Fsp3) is 0. The first-order chi connectivity index (χ1) is 0. The van der Waals surface area contributed by atoms with Crippen LogP contribution >= 0.6 is 0 Å². The summed E-state index contributed by atoms with van der Waals surface area (Å²) in [5, 5.41) is 0. The molecule has 0 atom stereocenters. The van der Waals surface area contributed by atoms with E-state index < -0.39 is 0 Å². The van der Waals surface area contributed by atoms with E-state index in [4.69, 9.17) is 0 Å². The van der Waals surface area contributed by atoms with Crippen molar-refractivity contribution in [3.63, 3.8) is 0 Å². The summed E-state index contributed by atoms with van der Waals surface area (Å²) in [7, 11) is 0. The summed E-state index contributed by atoms with van der Waals surface area (Å²) in [6, 6.07) is 0. The third kappa shape index (κ3) is 15900. The average molecular weight is 243 g/mol. The summed E-state index contributed by atoms with van der Waals surface area (Å²) in [6.07, 6.45) is 0. The first-order valence-corrected chi connectivity index (χ1v) is 0. The van der Waals surface area contributed by atoms with Gasteiger partial charge in [-0.15, -0.1) is 0 Å². The first-order valence-electron chi connectivity index (χ1n) is 0. The van der Waals surface area contributed by atoms with Crippen molar-refractivity contribution in [2.24, 2.45) is 0 Å². The molecule has 0 aromatic heterocycles. The van der Waals surface area contributed by atoms with Crippen molar-refractivity contribution in [3.05, 3.63) is 0 Å².